The first-order valence-electron chi connectivity index (χ1n) is 11.7. The molecule has 1 saturated heterocycles. The van der Waals surface area contributed by atoms with Crippen LogP contribution in [0.1, 0.15) is 23.5 Å². The summed E-state index contributed by atoms with van der Waals surface area (Å²) in [6, 6.07) is 28.8. The number of hydrogen-bond donors (Lipinski definition) is 1. The Bertz CT molecular complexity index is 945. The number of piperazine rings is 1. The summed E-state index contributed by atoms with van der Waals surface area (Å²) in [5, 5.41) is 3.15. The van der Waals surface area contributed by atoms with Crippen molar-refractivity contribution in [1.29, 1.82) is 0 Å². The smallest absolute Gasteiger partial charge is 0.220 e. The molecule has 0 bridgehead atoms. The molecule has 1 fully saturated rings. The topological polar surface area (TPSA) is 44.8 Å². The lowest BCUT2D eigenvalue weighted by Crippen LogP contribution is -2.48. The molecule has 0 unspecified atom stereocenters. The van der Waals surface area contributed by atoms with Crippen molar-refractivity contribution in [2.45, 2.75) is 12.3 Å². The SMILES string of the molecule is COc1ccc(N2CCN(CCNC(=O)CC(c3ccccc3)c3ccccc3)CC2)cc1. The fourth-order valence-electron chi connectivity index (χ4n) is 4.43. The maximum Gasteiger partial charge on any atom is 0.220 e. The second kappa shape index (κ2) is 11.5. The first kappa shape index (κ1) is 22.9. The average molecular weight is 444 g/mol. The zero-order valence-electron chi connectivity index (χ0n) is 19.3. The Hall–Kier alpha value is -3.31. The molecule has 0 spiro atoms. The minimum atomic E-state index is 0.0699. The summed E-state index contributed by atoms with van der Waals surface area (Å²) >= 11 is 0. The summed E-state index contributed by atoms with van der Waals surface area (Å²) in [6.07, 6.45) is 0.458. The van der Waals surface area contributed by atoms with Crippen LogP contribution in [0, 0.1) is 0 Å². The molecule has 0 radical (unpaired) electrons. The van der Waals surface area contributed by atoms with E-state index < -0.39 is 0 Å². The number of amides is 1. The van der Waals surface area contributed by atoms with E-state index in [0.717, 1.165) is 38.5 Å². The zero-order valence-corrected chi connectivity index (χ0v) is 19.3. The van der Waals surface area contributed by atoms with Crippen molar-refractivity contribution < 1.29 is 9.53 Å². The summed E-state index contributed by atoms with van der Waals surface area (Å²) in [4.78, 5) is 17.6. The molecule has 0 atom stereocenters. The molecular formula is C28H33N3O2. The van der Waals surface area contributed by atoms with Gasteiger partial charge in [-0.05, 0) is 35.4 Å². The third kappa shape index (κ3) is 6.36. The maximum atomic E-state index is 12.8. The van der Waals surface area contributed by atoms with Gasteiger partial charge in [0.05, 0.1) is 7.11 Å². The van der Waals surface area contributed by atoms with Gasteiger partial charge in [-0.2, -0.15) is 0 Å². The van der Waals surface area contributed by atoms with E-state index in [1.54, 1.807) is 7.11 Å². The van der Waals surface area contributed by atoms with Gasteiger partial charge in [0, 0.05) is 57.3 Å². The van der Waals surface area contributed by atoms with Crippen LogP contribution in [-0.4, -0.2) is 57.2 Å². The van der Waals surface area contributed by atoms with Crippen LogP contribution in [-0.2, 0) is 4.79 Å². The number of benzene rings is 3. The zero-order chi connectivity index (χ0) is 22.9. The molecule has 1 heterocycles. The minimum absolute atomic E-state index is 0.0699. The Morgan fingerprint density at radius 3 is 1.97 bits per heavy atom. The molecule has 3 aromatic rings. The standard InChI is InChI=1S/C28H33N3O2/c1-33-26-14-12-25(13-15-26)31-20-18-30(19-21-31)17-16-29-28(32)22-27(23-8-4-2-5-9-23)24-10-6-3-7-11-24/h2-15,27H,16-22H2,1H3,(H,29,32). The molecule has 0 saturated carbocycles. The van der Waals surface area contributed by atoms with E-state index in [9.17, 15) is 4.79 Å². The summed E-state index contributed by atoms with van der Waals surface area (Å²) in [5.41, 5.74) is 3.58. The average Bonchev–Trinajstić information content (AvgIpc) is 2.89. The van der Waals surface area contributed by atoms with E-state index >= 15 is 0 Å². The molecule has 4 rings (SSSR count). The molecular weight excluding hydrogens is 410 g/mol. The molecule has 3 aromatic carbocycles. The molecule has 1 N–H and O–H groups in total. The fourth-order valence-corrected chi connectivity index (χ4v) is 4.43. The van der Waals surface area contributed by atoms with Crippen molar-refractivity contribution in [3.05, 3.63) is 96.1 Å². The van der Waals surface area contributed by atoms with Crippen molar-refractivity contribution in [2.75, 3.05) is 51.3 Å². The predicted molar refractivity (Wildman–Crippen MR) is 134 cm³/mol. The van der Waals surface area contributed by atoms with Gasteiger partial charge in [0.25, 0.3) is 0 Å². The van der Waals surface area contributed by atoms with Gasteiger partial charge >= 0.3 is 0 Å². The monoisotopic (exact) mass is 443 g/mol. The molecule has 5 heteroatoms. The van der Waals surface area contributed by atoms with Crippen LogP contribution in [0.3, 0.4) is 0 Å². The first-order chi connectivity index (χ1) is 16.2. The van der Waals surface area contributed by atoms with E-state index in [2.05, 4.69) is 51.5 Å². The minimum Gasteiger partial charge on any atom is -0.497 e. The molecule has 172 valence electrons. The number of carbonyl (C=O) groups is 1. The lowest BCUT2D eigenvalue weighted by molar-refractivity contribution is -0.121. The quantitative estimate of drug-likeness (QED) is 0.540. The summed E-state index contributed by atoms with van der Waals surface area (Å²) in [7, 11) is 1.69. The van der Waals surface area contributed by atoms with Crippen LogP contribution in [0.5, 0.6) is 5.75 Å². The molecule has 1 aliphatic rings. The number of methoxy groups -OCH3 is 1. The van der Waals surface area contributed by atoms with Gasteiger partial charge in [0.15, 0.2) is 0 Å². The normalized spacial score (nSPS) is 14.3. The van der Waals surface area contributed by atoms with Crippen molar-refractivity contribution in [3.8, 4) is 5.75 Å². The molecule has 1 amide bonds. The fraction of sp³-hybridized carbons (Fsp3) is 0.321. The van der Waals surface area contributed by atoms with Crippen LogP contribution < -0.4 is 15.0 Å². The Kier molecular flexibility index (Phi) is 7.99. The van der Waals surface area contributed by atoms with E-state index in [1.165, 1.54) is 16.8 Å². The van der Waals surface area contributed by atoms with Crippen molar-refractivity contribution in [2.24, 2.45) is 0 Å². The number of hydrogen-bond acceptors (Lipinski definition) is 4. The third-order valence-corrected chi connectivity index (χ3v) is 6.35. The second-order valence-electron chi connectivity index (χ2n) is 8.45. The van der Waals surface area contributed by atoms with E-state index in [1.807, 2.05) is 48.5 Å². The number of nitrogens with one attached hydrogen (secondary N) is 1. The first-order valence-corrected chi connectivity index (χ1v) is 11.7. The Morgan fingerprint density at radius 1 is 0.848 bits per heavy atom. The van der Waals surface area contributed by atoms with Crippen molar-refractivity contribution >= 4 is 11.6 Å². The van der Waals surface area contributed by atoms with Crippen LogP contribution in [0.25, 0.3) is 0 Å². The van der Waals surface area contributed by atoms with Crippen molar-refractivity contribution in [1.82, 2.24) is 10.2 Å². The number of carbonyl (C=O) groups excluding carboxylic acids is 1. The molecule has 0 aliphatic carbocycles. The number of rotatable bonds is 9. The second-order valence-corrected chi connectivity index (χ2v) is 8.45. The molecule has 0 aromatic heterocycles. The Morgan fingerprint density at radius 2 is 1.42 bits per heavy atom. The third-order valence-electron chi connectivity index (χ3n) is 6.35. The van der Waals surface area contributed by atoms with Crippen LogP contribution >= 0.6 is 0 Å². The van der Waals surface area contributed by atoms with Gasteiger partial charge in [0.2, 0.25) is 5.91 Å². The van der Waals surface area contributed by atoms with Crippen LogP contribution in [0.4, 0.5) is 5.69 Å². The number of anilines is 1. The van der Waals surface area contributed by atoms with Crippen molar-refractivity contribution in [3.63, 3.8) is 0 Å². The highest BCUT2D eigenvalue weighted by Crippen LogP contribution is 2.27. The highest BCUT2D eigenvalue weighted by atomic mass is 16.5. The van der Waals surface area contributed by atoms with Gasteiger partial charge in [-0.3, -0.25) is 9.69 Å². The predicted octanol–water partition coefficient (Wildman–Crippen LogP) is 4.16. The van der Waals surface area contributed by atoms with Crippen LogP contribution in [0.15, 0.2) is 84.9 Å². The van der Waals surface area contributed by atoms with Gasteiger partial charge in [0.1, 0.15) is 5.75 Å². The maximum absolute atomic E-state index is 12.8. The lowest BCUT2D eigenvalue weighted by atomic mass is 9.88. The largest absolute Gasteiger partial charge is 0.497 e. The highest BCUT2D eigenvalue weighted by molar-refractivity contribution is 5.77. The molecule has 1 aliphatic heterocycles. The van der Waals surface area contributed by atoms with E-state index in [-0.39, 0.29) is 11.8 Å². The summed E-state index contributed by atoms with van der Waals surface area (Å²) < 4.78 is 5.25. The highest BCUT2D eigenvalue weighted by Gasteiger charge is 2.19. The van der Waals surface area contributed by atoms with Gasteiger partial charge in [-0.1, -0.05) is 60.7 Å². The van der Waals surface area contributed by atoms with Crippen LogP contribution in [0.2, 0.25) is 0 Å². The number of ether oxygens (including phenoxy) is 1. The van der Waals surface area contributed by atoms with E-state index in [4.69, 9.17) is 4.74 Å². The summed E-state index contributed by atoms with van der Waals surface area (Å²) in [6.45, 7) is 5.53. The number of nitrogens with zero attached hydrogens (tertiary/aromatic N) is 2. The lowest BCUT2D eigenvalue weighted by Gasteiger charge is -2.36. The molecule has 5 nitrogen and oxygen atoms in total. The summed E-state index contributed by atoms with van der Waals surface area (Å²) in [5.74, 6) is 1.06. The van der Waals surface area contributed by atoms with Gasteiger partial charge in [-0.25, -0.2) is 0 Å². The Balaban J connectivity index is 1.23. The van der Waals surface area contributed by atoms with E-state index in [0.29, 0.717) is 13.0 Å². The molecule has 33 heavy (non-hydrogen) atoms. The Labute approximate surface area is 197 Å². The van der Waals surface area contributed by atoms with Gasteiger partial charge in [-0.15, -0.1) is 0 Å². The van der Waals surface area contributed by atoms with Gasteiger partial charge < -0.3 is 15.0 Å².